The van der Waals surface area contributed by atoms with E-state index in [4.69, 9.17) is 4.84 Å². The molecule has 12 nitrogen and oxygen atoms in total. The molecular formula is C36H48N6O6. The summed E-state index contributed by atoms with van der Waals surface area (Å²) in [6, 6.07) is 15.7. The van der Waals surface area contributed by atoms with Crippen molar-refractivity contribution in [3.8, 4) is 0 Å². The zero-order valence-electron chi connectivity index (χ0n) is 28.1. The van der Waals surface area contributed by atoms with Crippen molar-refractivity contribution in [2.75, 3.05) is 6.54 Å². The number of hydroxylamine groups is 1. The first-order valence-electron chi connectivity index (χ1n) is 16.8. The molecule has 3 aliphatic rings. The van der Waals surface area contributed by atoms with Crippen molar-refractivity contribution in [1.29, 1.82) is 0 Å². The van der Waals surface area contributed by atoms with Crippen molar-refractivity contribution in [3.05, 3.63) is 77.9 Å². The van der Waals surface area contributed by atoms with Crippen molar-refractivity contribution >= 4 is 29.4 Å². The molecule has 0 aromatic heterocycles. The first-order chi connectivity index (χ1) is 22.9. The van der Waals surface area contributed by atoms with Gasteiger partial charge in [-0.05, 0) is 41.9 Å². The molecule has 2 aliphatic heterocycles. The zero-order chi connectivity index (χ0) is 34.5. The number of aliphatic hydroxyl groups is 1. The fourth-order valence-corrected chi connectivity index (χ4v) is 6.15. The summed E-state index contributed by atoms with van der Waals surface area (Å²) in [5.41, 5.74) is 3.73. The molecule has 2 fully saturated rings. The Hall–Kier alpha value is -4.42. The maximum atomic E-state index is 14.5. The lowest BCUT2D eigenvalue weighted by atomic mass is 9.85. The maximum Gasteiger partial charge on any atom is 0.315 e. The van der Waals surface area contributed by atoms with E-state index in [1.54, 1.807) is 0 Å². The van der Waals surface area contributed by atoms with Gasteiger partial charge in [0.05, 0.1) is 18.3 Å². The van der Waals surface area contributed by atoms with Crippen molar-refractivity contribution in [2.45, 2.75) is 102 Å². The van der Waals surface area contributed by atoms with Crippen LogP contribution in [0.2, 0.25) is 0 Å². The van der Waals surface area contributed by atoms with Gasteiger partial charge < -0.3 is 31.3 Å². The smallest absolute Gasteiger partial charge is 0.315 e. The Bertz CT molecular complexity index is 1490. The Morgan fingerprint density at radius 3 is 2.31 bits per heavy atom. The summed E-state index contributed by atoms with van der Waals surface area (Å²) in [5, 5.41) is 22.3. The predicted molar refractivity (Wildman–Crippen MR) is 181 cm³/mol. The van der Waals surface area contributed by atoms with Crippen LogP contribution in [0.4, 0.5) is 4.79 Å². The summed E-state index contributed by atoms with van der Waals surface area (Å²) in [5.74, 6) is -1.48. The number of nitrogens with zero attached hydrogens (tertiary/aromatic N) is 1. The largest absolute Gasteiger partial charge is 0.381 e. The second-order valence-corrected chi connectivity index (χ2v) is 14.1. The van der Waals surface area contributed by atoms with E-state index in [0.29, 0.717) is 18.5 Å². The second-order valence-electron chi connectivity index (χ2n) is 14.1. The summed E-state index contributed by atoms with van der Waals surface area (Å²) in [6.45, 7) is 7.76. The molecule has 258 valence electrons. The van der Waals surface area contributed by atoms with E-state index in [1.807, 2.05) is 94.4 Å². The number of amides is 5. The number of aliphatic hydroxyl groups excluding tert-OH is 1. The van der Waals surface area contributed by atoms with Gasteiger partial charge in [0.25, 0.3) is 5.91 Å². The van der Waals surface area contributed by atoms with E-state index in [2.05, 4.69) is 26.7 Å². The molecule has 1 spiro atoms. The minimum Gasteiger partial charge on any atom is -0.381 e. The Morgan fingerprint density at radius 2 is 1.69 bits per heavy atom. The molecule has 12 heteroatoms. The summed E-state index contributed by atoms with van der Waals surface area (Å²) >= 11 is 0. The number of likely N-dealkylation sites (tertiary alicyclic amines) is 1. The average Bonchev–Trinajstić information content (AvgIpc) is 3.66. The fraction of sp³-hybridized carbons (Fsp3) is 0.500. The van der Waals surface area contributed by atoms with Gasteiger partial charge in [0, 0.05) is 19.0 Å². The molecular weight excluding hydrogens is 612 g/mol. The van der Waals surface area contributed by atoms with E-state index >= 15 is 0 Å². The number of carbonyl (C=O) groups excluding carboxylic acids is 4. The first-order valence-corrected chi connectivity index (χ1v) is 16.8. The molecule has 2 heterocycles. The fourth-order valence-electron chi connectivity index (χ4n) is 6.15. The highest BCUT2D eigenvalue weighted by Gasteiger charge is 2.54. The lowest BCUT2D eigenvalue weighted by Gasteiger charge is -2.36. The predicted octanol–water partition coefficient (Wildman–Crippen LogP) is 2.74. The molecule has 1 saturated carbocycles. The van der Waals surface area contributed by atoms with Gasteiger partial charge in [-0.2, -0.15) is 0 Å². The number of benzene rings is 2. The summed E-state index contributed by atoms with van der Waals surface area (Å²) in [6.07, 6.45) is 3.27. The van der Waals surface area contributed by atoms with Crippen LogP contribution in [0.1, 0.15) is 70.9 Å². The van der Waals surface area contributed by atoms with Gasteiger partial charge in [-0.15, -0.1) is 0 Å². The Labute approximate surface area is 282 Å². The van der Waals surface area contributed by atoms with Crippen LogP contribution in [0.25, 0.3) is 5.70 Å². The Morgan fingerprint density at radius 1 is 1.02 bits per heavy atom. The third kappa shape index (κ3) is 8.53. The van der Waals surface area contributed by atoms with Crippen LogP contribution < -0.4 is 26.7 Å². The first kappa shape index (κ1) is 34.9. The van der Waals surface area contributed by atoms with Crippen LogP contribution in [0.15, 0.2) is 66.7 Å². The number of rotatable bonds is 12. The number of hydrogen-bond acceptors (Lipinski definition) is 7. The highest BCUT2D eigenvalue weighted by molar-refractivity contribution is 5.94. The van der Waals surface area contributed by atoms with Crippen LogP contribution in [-0.4, -0.2) is 76.2 Å². The topological polar surface area (TPSA) is 161 Å². The monoisotopic (exact) mass is 660 g/mol. The van der Waals surface area contributed by atoms with Crippen LogP contribution in [0, 0.1) is 5.41 Å². The van der Waals surface area contributed by atoms with E-state index in [1.165, 1.54) is 4.90 Å². The molecule has 5 rings (SSSR count). The third-order valence-electron chi connectivity index (χ3n) is 8.98. The minimum absolute atomic E-state index is 0.0380. The van der Waals surface area contributed by atoms with Crippen LogP contribution in [0.3, 0.4) is 0 Å². The number of hydrogen-bond donors (Lipinski definition) is 6. The Balaban J connectivity index is 1.39. The van der Waals surface area contributed by atoms with Gasteiger partial charge in [0.1, 0.15) is 17.7 Å². The van der Waals surface area contributed by atoms with Crippen molar-refractivity contribution in [3.63, 3.8) is 0 Å². The van der Waals surface area contributed by atoms with Crippen molar-refractivity contribution in [1.82, 2.24) is 31.6 Å². The standard InChI is InChI=1S/C36H48N6O6/c1-5-12-26(29(43)32(45)38-25-17-18-25)39-31(44)28-20-36(19-27(41-48-36)24-15-10-7-11-16-24)22-42(28)33(46)30(35(2,3)4)40-34(47)37-21-23-13-8-6-9-14-23/h6-11,13-16,19,25-26,28-30,41,43H,5,12,17-18,20-22H2,1-4H3,(H,38,45)(H,39,44)(H2,37,40,47)/t26-,28-,29?,30+,36+/m0/s1. The number of urea groups is 1. The van der Waals surface area contributed by atoms with E-state index in [9.17, 15) is 24.3 Å². The Kier molecular flexibility index (Phi) is 10.7. The second kappa shape index (κ2) is 14.8. The molecule has 1 saturated heterocycles. The summed E-state index contributed by atoms with van der Waals surface area (Å²) < 4.78 is 0. The van der Waals surface area contributed by atoms with E-state index in [0.717, 1.165) is 24.0 Å². The van der Waals surface area contributed by atoms with E-state index < -0.39 is 59.0 Å². The molecule has 5 amide bonds. The van der Waals surface area contributed by atoms with Crippen LogP contribution in [-0.2, 0) is 25.8 Å². The molecule has 6 N–H and O–H groups in total. The summed E-state index contributed by atoms with van der Waals surface area (Å²) in [7, 11) is 0. The lowest BCUT2D eigenvalue weighted by Crippen LogP contribution is -2.60. The van der Waals surface area contributed by atoms with Crippen LogP contribution in [0.5, 0.6) is 0 Å². The molecule has 5 atom stereocenters. The van der Waals surface area contributed by atoms with Gasteiger partial charge in [-0.1, -0.05) is 94.8 Å². The molecule has 1 aliphatic carbocycles. The molecule has 2 aromatic rings. The molecule has 0 bridgehead atoms. The van der Waals surface area contributed by atoms with E-state index in [-0.39, 0.29) is 25.6 Å². The van der Waals surface area contributed by atoms with Crippen LogP contribution >= 0.6 is 0 Å². The average molecular weight is 661 g/mol. The third-order valence-corrected chi connectivity index (χ3v) is 8.98. The molecule has 2 aromatic carbocycles. The van der Waals surface area contributed by atoms with Crippen molar-refractivity contribution < 1.29 is 29.1 Å². The maximum absolute atomic E-state index is 14.5. The van der Waals surface area contributed by atoms with Gasteiger partial charge in [-0.25, -0.2) is 4.79 Å². The molecule has 48 heavy (non-hydrogen) atoms. The number of carbonyl (C=O) groups is 4. The lowest BCUT2D eigenvalue weighted by molar-refractivity contribution is -0.143. The van der Waals surface area contributed by atoms with Gasteiger partial charge >= 0.3 is 6.03 Å². The molecule has 0 radical (unpaired) electrons. The van der Waals surface area contributed by atoms with Crippen molar-refractivity contribution in [2.24, 2.45) is 5.41 Å². The van der Waals surface area contributed by atoms with Gasteiger partial charge in [0.15, 0.2) is 6.10 Å². The zero-order valence-corrected chi connectivity index (χ0v) is 28.1. The summed E-state index contributed by atoms with van der Waals surface area (Å²) in [4.78, 5) is 62.0. The highest BCUT2D eigenvalue weighted by atomic mass is 16.7. The normalized spacial score (nSPS) is 22.2. The SMILES string of the molecule is CCC[C@H](NC(=O)[C@@H]1C[C@]2(C=C(c3ccccc3)NO2)CN1C(=O)[C@@H](NC(=O)NCc1ccccc1)C(C)(C)C)C(O)C(=O)NC1CC1. The van der Waals surface area contributed by atoms with Gasteiger partial charge in [0.2, 0.25) is 11.8 Å². The molecule has 1 unspecified atom stereocenters. The quantitative estimate of drug-likeness (QED) is 0.204. The minimum atomic E-state index is -1.44. The highest BCUT2D eigenvalue weighted by Crippen LogP contribution is 2.39. The van der Waals surface area contributed by atoms with Gasteiger partial charge in [-0.3, -0.25) is 24.7 Å². The number of nitrogens with one attached hydrogen (secondary N) is 5.